The lowest BCUT2D eigenvalue weighted by atomic mass is 10.1. The summed E-state index contributed by atoms with van der Waals surface area (Å²) in [4.78, 5) is 26.8. The molecule has 1 fully saturated rings. The number of hydrogen-bond acceptors (Lipinski definition) is 5. The van der Waals surface area contributed by atoms with Crippen molar-refractivity contribution in [1.29, 1.82) is 0 Å². The van der Waals surface area contributed by atoms with Gasteiger partial charge in [-0.1, -0.05) is 30.3 Å². The Morgan fingerprint density at radius 3 is 2.32 bits per heavy atom. The van der Waals surface area contributed by atoms with Gasteiger partial charge in [0.25, 0.3) is 0 Å². The van der Waals surface area contributed by atoms with Crippen molar-refractivity contribution in [3.63, 3.8) is 0 Å². The van der Waals surface area contributed by atoms with E-state index in [4.69, 9.17) is 0 Å². The van der Waals surface area contributed by atoms with Crippen molar-refractivity contribution in [2.75, 3.05) is 47.0 Å². The van der Waals surface area contributed by atoms with Gasteiger partial charge in [-0.05, 0) is 36.2 Å². The quantitative estimate of drug-likeness (QED) is 0.685. The first kappa shape index (κ1) is 23.1. The summed E-state index contributed by atoms with van der Waals surface area (Å²) in [6.07, 6.45) is 1.41. The molecule has 9 heteroatoms. The summed E-state index contributed by atoms with van der Waals surface area (Å²) in [6.45, 7) is 3.05. The van der Waals surface area contributed by atoms with Gasteiger partial charge in [0, 0.05) is 30.3 Å². The SMILES string of the molecule is Cc1ccccc1N(CC(=O)Nc1ccc(CC(=O)N2CCSCC2)cc1)S(C)(=O)=O. The Kier molecular flexibility index (Phi) is 7.61. The van der Waals surface area contributed by atoms with Crippen LogP contribution in [0, 0.1) is 6.92 Å². The highest BCUT2D eigenvalue weighted by atomic mass is 32.2. The second-order valence-corrected chi connectivity index (χ2v) is 10.6. The third-order valence-corrected chi connectivity index (χ3v) is 7.10. The first-order chi connectivity index (χ1) is 14.7. The van der Waals surface area contributed by atoms with Gasteiger partial charge in [-0.2, -0.15) is 11.8 Å². The average molecular weight is 462 g/mol. The molecule has 7 nitrogen and oxygen atoms in total. The van der Waals surface area contributed by atoms with E-state index in [0.717, 1.165) is 46.3 Å². The predicted molar refractivity (Wildman–Crippen MR) is 126 cm³/mol. The Morgan fingerprint density at radius 2 is 1.71 bits per heavy atom. The van der Waals surface area contributed by atoms with Crippen LogP contribution < -0.4 is 9.62 Å². The molecule has 2 amide bonds. The molecule has 31 heavy (non-hydrogen) atoms. The zero-order valence-electron chi connectivity index (χ0n) is 17.7. The Balaban J connectivity index is 1.62. The Labute approximate surface area is 187 Å². The largest absolute Gasteiger partial charge is 0.341 e. The van der Waals surface area contributed by atoms with Gasteiger partial charge in [0.1, 0.15) is 6.54 Å². The standard InChI is InChI=1S/C22H27N3O4S2/c1-17-5-3-4-6-20(17)25(31(2,28)29)16-21(26)23-19-9-7-18(8-10-19)15-22(27)24-11-13-30-14-12-24/h3-10H,11-16H2,1-2H3,(H,23,26). The number of amides is 2. The highest BCUT2D eigenvalue weighted by Gasteiger charge is 2.22. The summed E-state index contributed by atoms with van der Waals surface area (Å²) in [7, 11) is -3.63. The summed E-state index contributed by atoms with van der Waals surface area (Å²) >= 11 is 1.86. The number of carbonyl (C=O) groups is 2. The number of thioether (sulfide) groups is 1. The molecule has 2 aromatic carbocycles. The molecule has 0 bridgehead atoms. The molecular weight excluding hydrogens is 434 g/mol. The first-order valence-electron chi connectivity index (χ1n) is 10.0. The van der Waals surface area contributed by atoms with Gasteiger partial charge < -0.3 is 10.2 Å². The van der Waals surface area contributed by atoms with Gasteiger partial charge in [0.15, 0.2) is 0 Å². The van der Waals surface area contributed by atoms with Crippen molar-refractivity contribution in [2.45, 2.75) is 13.3 Å². The maximum atomic E-state index is 12.5. The second kappa shape index (κ2) is 10.2. The lowest BCUT2D eigenvalue weighted by molar-refractivity contribution is -0.130. The lowest BCUT2D eigenvalue weighted by Gasteiger charge is -2.26. The summed E-state index contributed by atoms with van der Waals surface area (Å²) in [5.74, 6) is 1.62. The van der Waals surface area contributed by atoms with E-state index < -0.39 is 15.9 Å². The summed E-state index contributed by atoms with van der Waals surface area (Å²) < 4.78 is 25.6. The molecule has 0 unspecified atom stereocenters. The van der Waals surface area contributed by atoms with Crippen molar-refractivity contribution in [3.05, 3.63) is 59.7 Å². The summed E-state index contributed by atoms with van der Waals surface area (Å²) in [5, 5.41) is 2.73. The number of carbonyl (C=O) groups excluding carboxylic acids is 2. The molecule has 1 aliphatic heterocycles. The molecule has 166 valence electrons. The molecule has 2 aromatic rings. The third kappa shape index (κ3) is 6.48. The van der Waals surface area contributed by atoms with E-state index in [-0.39, 0.29) is 12.5 Å². The maximum Gasteiger partial charge on any atom is 0.245 e. The van der Waals surface area contributed by atoms with Crippen LogP contribution in [-0.2, 0) is 26.0 Å². The molecule has 0 saturated carbocycles. The summed E-state index contributed by atoms with van der Waals surface area (Å²) in [6, 6.07) is 14.1. The molecule has 1 saturated heterocycles. The fourth-order valence-corrected chi connectivity index (χ4v) is 5.18. The van der Waals surface area contributed by atoms with E-state index in [1.165, 1.54) is 0 Å². The number of benzene rings is 2. The van der Waals surface area contributed by atoms with Crippen LogP contribution in [0.3, 0.4) is 0 Å². The number of aryl methyl sites for hydroxylation is 1. The van der Waals surface area contributed by atoms with E-state index in [1.54, 1.807) is 37.3 Å². The van der Waals surface area contributed by atoms with Crippen LogP contribution in [-0.4, -0.2) is 62.5 Å². The first-order valence-corrected chi connectivity index (χ1v) is 13.0. The minimum Gasteiger partial charge on any atom is -0.341 e. The maximum absolute atomic E-state index is 12.5. The predicted octanol–water partition coefficient (Wildman–Crippen LogP) is 2.52. The third-order valence-electron chi connectivity index (χ3n) is 5.03. The zero-order valence-corrected chi connectivity index (χ0v) is 19.3. The van der Waals surface area contributed by atoms with Crippen LogP contribution in [0.4, 0.5) is 11.4 Å². The molecule has 1 heterocycles. The number of rotatable bonds is 7. The Morgan fingerprint density at radius 1 is 1.06 bits per heavy atom. The molecule has 0 atom stereocenters. The van der Waals surface area contributed by atoms with Crippen LogP contribution in [0.1, 0.15) is 11.1 Å². The fourth-order valence-electron chi connectivity index (χ4n) is 3.36. The molecule has 3 rings (SSSR count). The Bertz CT molecular complexity index is 1030. The molecule has 0 spiro atoms. The number of anilines is 2. The molecular formula is C22H27N3O4S2. The number of para-hydroxylation sites is 1. The van der Waals surface area contributed by atoms with E-state index in [1.807, 2.05) is 34.9 Å². The van der Waals surface area contributed by atoms with Gasteiger partial charge in [-0.3, -0.25) is 13.9 Å². The Hall–Kier alpha value is -2.52. The number of hydrogen-bond donors (Lipinski definition) is 1. The molecule has 0 aromatic heterocycles. The number of nitrogens with zero attached hydrogens (tertiary/aromatic N) is 2. The summed E-state index contributed by atoms with van der Waals surface area (Å²) in [5.41, 5.74) is 2.67. The van der Waals surface area contributed by atoms with Gasteiger partial charge in [0.2, 0.25) is 21.8 Å². The average Bonchev–Trinajstić information content (AvgIpc) is 2.74. The van der Waals surface area contributed by atoms with Gasteiger partial charge in [-0.25, -0.2) is 8.42 Å². The van der Waals surface area contributed by atoms with Crippen LogP contribution in [0.2, 0.25) is 0 Å². The van der Waals surface area contributed by atoms with E-state index >= 15 is 0 Å². The van der Waals surface area contributed by atoms with E-state index in [2.05, 4.69) is 5.32 Å². The lowest BCUT2D eigenvalue weighted by Crippen LogP contribution is -2.38. The van der Waals surface area contributed by atoms with Gasteiger partial charge in [0.05, 0.1) is 18.4 Å². The molecule has 0 radical (unpaired) electrons. The number of sulfonamides is 1. The molecule has 1 aliphatic rings. The van der Waals surface area contributed by atoms with Crippen molar-refractivity contribution in [1.82, 2.24) is 4.90 Å². The van der Waals surface area contributed by atoms with E-state index in [9.17, 15) is 18.0 Å². The van der Waals surface area contributed by atoms with Crippen molar-refractivity contribution >= 4 is 45.0 Å². The van der Waals surface area contributed by atoms with Crippen LogP contribution >= 0.6 is 11.8 Å². The van der Waals surface area contributed by atoms with Crippen LogP contribution in [0.5, 0.6) is 0 Å². The minimum absolute atomic E-state index is 0.110. The minimum atomic E-state index is -3.63. The van der Waals surface area contributed by atoms with Crippen LogP contribution in [0.15, 0.2) is 48.5 Å². The van der Waals surface area contributed by atoms with Crippen molar-refractivity contribution in [3.8, 4) is 0 Å². The fraction of sp³-hybridized carbons (Fsp3) is 0.364. The van der Waals surface area contributed by atoms with E-state index in [0.29, 0.717) is 17.8 Å². The van der Waals surface area contributed by atoms with Crippen molar-refractivity contribution < 1.29 is 18.0 Å². The topological polar surface area (TPSA) is 86.8 Å². The number of nitrogens with one attached hydrogen (secondary N) is 1. The highest BCUT2D eigenvalue weighted by Crippen LogP contribution is 2.22. The second-order valence-electron chi connectivity index (χ2n) is 7.47. The monoisotopic (exact) mass is 461 g/mol. The molecule has 0 aliphatic carbocycles. The normalized spacial score (nSPS) is 14.2. The van der Waals surface area contributed by atoms with Gasteiger partial charge >= 0.3 is 0 Å². The molecule has 1 N–H and O–H groups in total. The smallest absolute Gasteiger partial charge is 0.245 e. The van der Waals surface area contributed by atoms with Crippen molar-refractivity contribution in [2.24, 2.45) is 0 Å². The van der Waals surface area contributed by atoms with Crippen LogP contribution in [0.25, 0.3) is 0 Å². The zero-order chi connectivity index (χ0) is 22.4. The highest BCUT2D eigenvalue weighted by molar-refractivity contribution is 7.99. The van der Waals surface area contributed by atoms with Gasteiger partial charge in [-0.15, -0.1) is 0 Å².